The van der Waals surface area contributed by atoms with Gasteiger partial charge in [-0.25, -0.2) is 9.37 Å². The monoisotopic (exact) mass is 384 g/mol. The van der Waals surface area contributed by atoms with Crippen LogP contribution in [0.3, 0.4) is 0 Å². The molecule has 1 saturated heterocycles. The molecule has 0 unspecified atom stereocenters. The number of hydrogen-bond donors (Lipinski definition) is 2. The summed E-state index contributed by atoms with van der Waals surface area (Å²) in [6.07, 6.45) is 6.22. The van der Waals surface area contributed by atoms with Gasteiger partial charge in [0, 0.05) is 50.0 Å². The van der Waals surface area contributed by atoms with Crippen LogP contribution in [0.2, 0.25) is 0 Å². The number of hydrogen-bond acceptors (Lipinski definition) is 5. The minimum atomic E-state index is -0.534. The largest absolute Gasteiger partial charge is 0.363 e. The highest BCUT2D eigenvalue weighted by Gasteiger charge is 2.32. The number of piperidine rings is 1. The van der Waals surface area contributed by atoms with E-state index in [0.29, 0.717) is 29.9 Å². The van der Waals surface area contributed by atoms with Crippen molar-refractivity contribution in [2.24, 2.45) is 7.05 Å². The minimum absolute atomic E-state index is 0.0898. The summed E-state index contributed by atoms with van der Waals surface area (Å²) in [6, 6.07) is -0.135. The Labute approximate surface area is 161 Å². The van der Waals surface area contributed by atoms with Crippen LogP contribution in [-0.2, 0) is 18.4 Å². The Morgan fingerprint density at radius 2 is 2.32 bits per heavy atom. The molecular weight excluding hydrogens is 363 g/mol. The van der Waals surface area contributed by atoms with Crippen LogP contribution in [0, 0.1) is 5.82 Å². The number of pyridine rings is 1. The van der Waals surface area contributed by atoms with Gasteiger partial charge in [-0.05, 0) is 18.9 Å². The number of carbonyl (C=O) groups excluding carboxylic acids is 2. The fourth-order valence-corrected chi connectivity index (χ4v) is 3.75. The first-order chi connectivity index (χ1) is 13.5. The van der Waals surface area contributed by atoms with Crippen LogP contribution >= 0.6 is 0 Å². The lowest BCUT2D eigenvalue weighted by molar-refractivity contribution is -0.127. The van der Waals surface area contributed by atoms with E-state index in [4.69, 9.17) is 0 Å². The standard InChI is InChI=1S/C19H21FN6O2/c1-3-14(27)26-6-4-5-12(10-26)23-18-16(20)13-8-21-19(28)15(13)17(24-18)11-7-22-25(2)9-11/h3,7,9,12H,1,4-6,8,10H2,2H3,(H,21,28)(H,23,24)/t12-/m0/s1. The summed E-state index contributed by atoms with van der Waals surface area (Å²) in [5.41, 5.74) is 1.60. The molecule has 8 nitrogen and oxygen atoms in total. The number of carbonyl (C=O) groups is 2. The fourth-order valence-electron chi connectivity index (χ4n) is 3.75. The van der Waals surface area contributed by atoms with Gasteiger partial charge in [-0.3, -0.25) is 14.3 Å². The highest BCUT2D eigenvalue weighted by Crippen LogP contribution is 2.33. The van der Waals surface area contributed by atoms with Crippen molar-refractivity contribution < 1.29 is 14.0 Å². The molecule has 28 heavy (non-hydrogen) atoms. The number of aromatic nitrogens is 3. The Morgan fingerprint density at radius 1 is 1.50 bits per heavy atom. The summed E-state index contributed by atoms with van der Waals surface area (Å²) in [4.78, 5) is 30.3. The van der Waals surface area contributed by atoms with Crippen LogP contribution in [0.1, 0.15) is 28.8 Å². The summed E-state index contributed by atoms with van der Waals surface area (Å²) in [6.45, 7) is 4.75. The first kappa shape index (κ1) is 18.1. The summed E-state index contributed by atoms with van der Waals surface area (Å²) < 4.78 is 16.7. The van der Waals surface area contributed by atoms with Crippen molar-refractivity contribution >= 4 is 17.6 Å². The van der Waals surface area contributed by atoms with E-state index in [0.717, 1.165) is 12.8 Å². The fraction of sp³-hybridized carbons (Fsp3) is 0.368. The lowest BCUT2D eigenvalue weighted by Crippen LogP contribution is -2.44. The number of nitrogens with zero attached hydrogens (tertiary/aromatic N) is 4. The predicted molar refractivity (Wildman–Crippen MR) is 101 cm³/mol. The smallest absolute Gasteiger partial charge is 0.254 e. The molecule has 4 rings (SSSR count). The lowest BCUT2D eigenvalue weighted by atomic mass is 10.0. The Bertz CT molecular complexity index is 970. The van der Waals surface area contributed by atoms with Gasteiger partial charge >= 0.3 is 0 Å². The molecule has 2 amide bonds. The molecule has 2 N–H and O–H groups in total. The number of likely N-dealkylation sites (tertiary alicyclic amines) is 1. The van der Waals surface area contributed by atoms with Gasteiger partial charge in [-0.2, -0.15) is 5.10 Å². The van der Waals surface area contributed by atoms with Gasteiger partial charge in [-0.1, -0.05) is 6.58 Å². The summed E-state index contributed by atoms with van der Waals surface area (Å²) >= 11 is 0. The van der Waals surface area contributed by atoms with Crippen LogP contribution < -0.4 is 10.6 Å². The van der Waals surface area contributed by atoms with Crippen molar-refractivity contribution in [3.05, 3.63) is 42.0 Å². The van der Waals surface area contributed by atoms with Gasteiger partial charge in [0.25, 0.3) is 5.91 Å². The molecule has 0 saturated carbocycles. The second kappa shape index (κ2) is 7.06. The second-order valence-corrected chi connectivity index (χ2v) is 7.03. The molecule has 0 aromatic carbocycles. The van der Waals surface area contributed by atoms with E-state index in [-0.39, 0.29) is 35.8 Å². The van der Waals surface area contributed by atoms with Gasteiger partial charge in [0.2, 0.25) is 5.91 Å². The average molecular weight is 384 g/mol. The second-order valence-electron chi connectivity index (χ2n) is 7.03. The SMILES string of the molecule is C=CC(=O)N1CCC[C@H](Nc2nc(-c3cnn(C)c3)c3c(c2F)CNC3=O)C1. The van der Waals surface area contributed by atoms with Crippen molar-refractivity contribution in [2.45, 2.75) is 25.4 Å². The number of aryl methyl sites for hydroxylation is 1. The average Bonchev–Trinajstić information content (AvgIpc) is 3.30. The highest BCUT2D eigenvalue weighted by atomic mass is 19.1. The van der Waals surface area contributed by atoms with Crippen LogP contribution in [0.25, 0.3) is 11.3 Å². The molecule has 0 bridgehead atoms. The first-order valence-electron chi connectivity index (χ1n) is 9.15. The highest BCUT2D eigenvalue weighted by molar-refractivity contribution is 6.04. The molecular formula is C19H21FN6O2. The quantitative estimate of drug-likeness (QED) is 0.779. The molecule has 0 aliphatic carbocycles. The van der Waals surface area contributed by atoms with Gasteiger partial charge in [-0.15, -0.1) is 0 Å². The molecule has 2 aliphatic rings. The molecule has 146 valence electrons. The number of halogens is 1. The van der Waals surface area contributed by atoms with Crippen LogP contribution in [0.4, 0.5) is 10.2 Å². The zero-order valence-corrected chi connectivity index (χ0v) is 15.5. The molecule has 1 atom stereocenters. The van der Waals surface area contributed by atoms with Crippen LogP contribution in [-0.4, -0.2) is 50.6 Å². The minimum Gasteiger partial charge on any atom is -0.363 e. The number of amides is 2. The number of fused-ring (bicyclic) bond motifs is 1. The maximum atomic E-state index is 15.1. The van der Waals surface area contributed by atoms with Crippen molar-refractivity contribution in [3.8, 4) is 11.3 Å². The number of anilines is 1. The maximum Gasteiger partial charge on any atom is 0.254 e. The Hall–Kier alpha value is -3.23. The lowest BCUT2D eigenvalue weighted by Gasteiger charge is -2.33. The number of nitrogens with one attached hydrogen (secondary N) is 2. The topological polar surface area (TPSA) is 92.2 Å². The van der Waals surface area contributed by atoms with Crippen molar-refractivity contribution in [3.63, 3.8) is 0 Å². The zero-order chi connectivity index (χ0) is 19.8. The molecule has 0 spiro atoms. The summed E-state index contributed by atoms with van der Waals surface area (Å²) in [5.74, 6) is -0.924. The zero-order valence-electron chi connectivity index (χ0n) is 15.5. The van der Waals surface area contributed by atoms with Crippen LogP contribution in [0.15, 0.2) is 25.0 Å². The normalized spacial score (nSPS) is 18.6. The molecule has 2 aromatic heterocycles. The van der Waals surface area contributed by atoms with Gasteiger partial charge in [0.05, 0.1) is 17.5 Å². The first-order valence-corrected chi connectivity index (χ1v) is 9.15. The van der Waals surface area contributed by atoms with E-state index in [1.54, 1.807) is 29.0 Å². The molecule has 1 fully saturated rings. The van der Waals surface area contributed by atoms with Crippen molar-refractivity contribution in [1.82, 2.24) is 25.0 Å². The maximum absolute atomic E-state index is 15.1. The van der Waals surface area contributed by atoms with Crippen molar-refractivity contribution in [2.75, 3.05) is 18.4 Å². The molecule has 4 heterocycles. The van der Waals surface area contributed by atoms with Gasteiger partial charge in [0.1, 0.15) is 0 Å². The third-order valence-corrected chi connectivity index (χ3v) is 5.11. The molecule has 2 aliphatic heterocycles. The third kappa shape index (κ3) is 3.12. The van der Waals surface area contributed by atoms with Crippen LogP contribution in [0.5, 0.6) is 0 Å². The third-order valence-electron chi connectivity index (χ3n) is 5.11. The van der Waals surface area contributed by atoms with Crippen molar-refractivity contribution in [1.29, 1.82) is 0 Å². The van der Waals surface area contributed by atoms with E-state index >= 15 is 4.39 Å². The Morgan fingerprint density at radius 3 is 3.04 bits per heavy atom. The van der Waals surface area contributed by atoms with Gasteiger partial charge < -0.3 is 15.5 Å². The predicted octanol–water partition coefficient (Wildman–Crippen LogP) is 1.45. The Balaban J connectivity index is 1.69. The molecule has 9 heteroatoms. The van der Waals surface area contributed by atoms with E-state index < -0.39 is 5.82 Å². The van der Waals surface area contributed by atoms with Gasteiger partial charge in [0.15, 0.2) is 11.6 Å². The molecule has 2 aromatic rings. The van der Waals surface area contributed by atoms with E-state index in [1.165, 1.54) is 6.08 Å². The summed E-state index contributed by atoms with van der Waals surface area (Å²) in [7, 11) is 1.76. The number of rotatable bonds is 4. The van der Waals surface area contributed by atoms with E-state index in [9.17, 15) is 9.59 Å². The van der Waals surface area contributed by atoms with E-state index in [2.05, 4.69) is 27.3 Å². The summed E-state index contributed by atoms with van der Waals surface area (Å²) in [5, 5.41) is 9.93. The molecule has 0 radical (unpaired) electrons. The Kier molecular flexibility index (Phi) is 4.58. The van der Waals surface area contributed by atoms with E-state index in [1.807, 2.05) is 0 Å².